The number of unbranched alkanes of at least 4 members (excludes halogenated alkanes) is 2. The molecule has 0 radical (unpaired) electrons. The van der Waals surface area contributed by atoms with E-state index in [0.29, 0.717) is 34.5 Å². The molecule has 3 saturated heterocycles. The number of aromatic nitrogens is 2. The van der Waals surface area contributed by atoms with Gasteiger partial charge in [-0.25, -0.2) is 5.26 Å². The maximum Gasteiger partial charge on any atom is 0.261 e. The minimum absolute atomic E-state index is 0.0197. The molecule has 3 aliphatic rings. The summed E-state index contributed by atoms with van der Waals surface area (Å²) < 4.78 is 20.9. The molecule has 16 N–H and O–H groups in total. The number of nitrogens with one attached hydrogen (secondary N) is 5. The van der Waals surface area contributed by atoms with Crippen LogP contribution in [0.5, 0.6) is 23.0 Å². The largest absolute Gasteiger partial charge is 0.504 e. The Morgan fingerprint density at radius 2 is 1.34 bits per heavy atom. The van der Waals surface area contributed by atoms with Gasteiger partial charge < -0.3 is 96.6 Å². The van der Waals surface area contributed by atoms with E-state index < -0.39 is 183 Å². The van der Waals surface area contributed by atoms with Crippen molar-refractivity contribution in [2.24, 2.45) is 11.7 Å². The number of aromatic hydroxyl groups is 1. The van der Waals surface area contributed by atoms with Gasteiger partial charge in [-0.05, 0) is 92.4 Å². The molecule has 14 atom stereocenters. The quantitative estimate of drug-likeness (QED) is 0.0159. The van der Waals surface area contributed by atoms with Gasteiger partial charge >= 0.3 is 0 Å². The lowest BCUT2D eigenvalue weighted by Crippen LogP contribution is -2.64. The summed E-state index contributed by atoms with van der Waals surface area (Å²) >= 11 is 1.24. The molecule has 3 fully saturated rings. The van der Waals surface area contributed by atoms with Gasteiger partial charge in [0.2, 0.25) is 41.4 Å². The summed E-state index contributed by atoms with van der Waals surface area (Å²) in [5.41, 5.74) is 6.35. The number of benzene rings is 4. The number of carbonyl (C=O) groups is 8. The van der Waals surface area contributed by atoms with Crippen LogP contribution in [0.4, 0.5) is 0 Å². The number of aliphatic hydroxyl groups is 7. The Hall–Kier alpha value is -8.65. The first-order valence-electron chi connectivity index (χ1n) is 30.1. The third kappa shape index (κ3) is 18.9. The average Bonchev–Trinajstić information content (AvgIpc) is 1.96. The molecule has 95 heavy (non-hydrogen) atoms. The Bertz CT molecular complexity index is 3470. The number of ether oxygens (including phenoxy) is 2. The summed E-state index contributed by atoms with van der Waals surface area (Å²) in [6.07, 6.45) is -13.5. The van der Waals surface area contributed by atoms with Gasteiger partial charge in [-0.1, -0.05) is 64.0 Å². The molecule has 0 spiro atoms. The van der Waals surface area contributed by atoms with Crippen molar-refractivity contribution in [2.45, 2.75) is 131 Å². The number of nitrogens with zero attached hydrogens (tertiary/aromatic N) is 4. The second kappa shape index (κ2) is 33.6. The maximum absolute atomic E-state index is 14.7. The number of rotatable bonds is 23. The van der Waals surface area contributed by atoms with Crippen molar-refractivity contribution in [1.82, 2.24) is 46.6 Å². The molecule has 0 saturated carbocycles. The number of phenols is 1. The molecule has 8 amide bonds. The highest BCUT2D eigenvalue weighted by atomic mass is 32.2. The SMILES string of the molecule is CC(O)C1NC(=O)C(NC(=O)c2ccc(-c3nnc(-c4ccc(OCCCCCOc5ccccc5)cc4)s3)cc2)CC(O)CNC(=O)C2C(O)C(C)CN2C(=O)C(C(O)CC(N)=O)NC(=O)C(C(O)C(O)c2ccc(O)c(OSOOO)c2)NC(=O)C2CC(O)CN2C1=O. The van der Waals surface area contributed by atoms with Crippen molar-refractivity contribution in [3.8, 4) is 44.1 Å². The van der Waals surface area contributed by atoms with Crippen LogP contribution >= 0.6 is 23.7 Å². The topological polar surface area (TPSA) is 483 Å². The van der Waals surface area contributed by atoms with E-state index in [9.17, 15) is 79.2 Å². The van der Waals surface area contributed by atoms with Crippen LogP contribution in [0.25, 0.3) is 21.1 Å². The molecule has 0 bridgehead atoms. The van der Waals surface area contributed by atoms with E-state index in [0.717, 1.165) is 65.5 Å². The van der Waals surface area contributed by atoms with E-state index in [2.05, 4.69) is 46.2 Å². The monoisotopic (exact) mass is 1360 g/mol. The predicted molar refractivity (Wildman–Crippen MR) is 333 cm³/mol. The van der Waals surface area contributed by atoms with Gasteiger partial charge in [-0.15, -0.1) is 10.2 Å². The molecular weight excluding hydrogens is 1290 g/mol. The van der Waals surface area contributed by atoms with Crippen molar-refractivity contribution in [2.75, 3.05) is 32.8 Å². The molecular formula is C61H74N10O22S2. The second-order valence-corrected chi connectivity index (χ2v) is 24.4. The third-order valence-corrected chi connectivity index (χ3v) is 17.3. The Kier molecular flexibility index (Phi) is 25.6. The highest BCUT2D eigenvalue weighted by Gasteiger charge is 2.50. The van der Waals surface area contributed by atoms with Crippen LogP contribution in [0.1, 0.15) is 74.4 Å². The molecule has 8 rings (SSSR count). The van der Waals surface area contributed by atoms with Crippen LogP contribution in [-0.4, -0.2) is 219 Å². The lowest BCUT2D eigenvalue weighted by atomic mass is 9.96. The third-order valence-electron chi connectivity index (χ3n) is 15.9. The highest BCUT2D eigenvalue weighted by molar-refractivity contribution is 7.90. The number of para-hydroxylation sites is 1. The van der Waals surface area contributed by atoms with Crippen LogP contribution in [0.2, 0.25) is 0 Å². The normalized spacial score (nSPS) is 24.5. The molecule has 4 heterocycles. The molecule has 0 aliphatic carbocycles. The predicted octanol–water partition coefficient (Wildman–Crippen LogP) is -1.12. The minimum Gasteiger partial charge on any atom is -0.504 e. The zero-order chi connectivity index (χ0) is 68.6. The smallest absolute Gasteiger partial charge is 0.261 e. The van der Waals surface area contributed by atoms with Crippen molar-refractivity contribution in [3.63, 3.8) is 0 Å². The van der Waals surface area contributed by atoms with E-state index in [1.54, 1.807) is 12.1 Å². The van der Waals surface area contributed by atoms with Gasteiger partial charge in [0.05, 0.1) is 50.2 Å². The summed E-state index contributed by atoms with van der Waals surface area (Å²) in [5.74, 6) is -10.5. The summed E-state index contributed by atoms with van der Waals surface area (Å²) in [6, 6.07) is 13.5. The molecule has 512 valence electrons. The van der Waals surface area contributed by atoms with Gasteiger partial charge in [-0.3, -0.25) is 38.4 Å². The number of phenolic OH excluding ortho intramolecular Hbond substituents is 1. The van der Waals surface area contributed by atoms with Gasteiger partial charge in [0.25, 0.3) is 18.2 Å². The first-order valence-corrected chi connectivity index (χ1v) is 31.6. The summed E-state index contributed by atoms with van der Waals surface area (Å²) in [5, 5.41) is 124. The molecule has 4 aromatic carbocycles. The average molecular weight is 1360 g/mol. The summed E-state index contributed by atoms with van der Waals surface area (Å²) in [4.78, 5) is 115. The van der Waals surface area contributed by atoms with Gasteiger partial charge in [0.15, 0.2) is 11.5 Å². The van der Waals surface area contributed by atoms with Gasteiger partial charge in [0.1, 0.15) is 70.0 Å². The molecule has 5 aromatic rings. The number of nitrogens with two attached hydrogens (primary N) is 1. The number of fused-ring (bicyclic) bond motifs is 2. The van der Waals surface area contributed by atoms with E-state index >= 15 is 0 Å². The van der Waals surface area contributed by atoms with E-state index in [4.69, 9.17) is 24.6 Å². The molecule has 1 aromatic heterocycles. The first-order chi connectivity index (χ1) is 45.4. The Labute approximate surface area is 550 Å². The van der Waals surface area contributed by atoms with Crippen molar-refractivity contribution < 1.29 is 107 Å². The van der Waals surface area contributed by atoms with E-state index in [1.807, 2.05) is 54.6 Å². The second-order valence-electron chi connectivity index (χ2n) is 22.9. The van der Waals surface area contributed by atoms with Crippen molar-refractivity contribution in [1.29, 1.82) is 0 Å². The number of primary amides is 1. The van der Waals surface area contributed by atoms with Crippen LogP contribution in [0.3, 0.4) is 0 Å². The summed E-state index contributed by atoms with van der Waals surface area (Å²) in [6.45, 7) is 1.80. The zero-order valence-electron chi connectivity index (χ0n) is 51.1. The Morgan fingerprint density at radius 3 is 1.97 bits per heavy atom. The lowest BCUT2D eigenvalue weighted by molar-refractivity contribution is -0.433. The fraction of sp³-hybridized carbons (Fsp3) is 0.443. The lowest BCUT2D eigenvalue weighted by Gasteiger charge is -2.34. The van der Waals surface area contributed by atoms with Crippen LogP contribution in [0.15, 0.2) is 97.1 Å². The number of amides is 8. The summed E-state index contributed by atoms with van der Waals surface area (Å²) in [7, 11) is 0. The van der Waals surface area contributed by atoms with E-state index in [1.165, 1.54) is 30.4 Å². The van der Waals surface area contributed by atoms with E-state index in [-0.39, 0.29) is 23.5 Å². The first kappa shape index (κ1) is 72.2. The fourth-order valence-corrected chi connectivity index (χ4v) is 12.0. The number of β-amino-alcohol motifs (C(OH)–C–C–N with tert-alkyl or cyclic N) is 1. The number of hydrogen-bond acceptors (Lipinski definition) is 26. The van der Waals surface area contributed by atoms with Gasteiger partial charge in [0, 0.05) is 55.1 Å². The maximum atomic E-state index is 14.7. The molecule has 34 heteroatoms. The molecule has 3 aliphatic heterocycles. The van der Waals surface area contributed by atoms with Gasteiger partial charge in [-0.2, -0.15) is 0 Å². The molecule has 14 unspecified atom stereocenters. The number of hydrogen-bond donors (Lipinski definition) is 15. The highest BCUT2D eigenvalue weighted by Crippen LogP contribution is 2.35. The number of carbonyl (C=O) groups excluding carboxylic acids is 8. The van der Waals surface area contributed by atoms with Crippen LogP contribution < -0.4 is 46.0 Å². The van der Waals surface area contributed by atoms with Crippen molar-refractivity contribution >= 4 is 70.9 Å². The zero-order valence-corrected chi connectivity index (χ0v) is 52.7. The molecule has 32 nitrogen and oxygen atoms in total. The Balaban J connectivity index is 1.03. The fourth-order valence-electron chi connectivity index (χ4n) is 10.9. The standard InChI is InChI=1S/C61H74N10O22S2/c1-30-28-71-49(50(30)78)57(85)63-27-36(73)24-40(64-53(81)32-11-13-33(14-12-32)58-68-69-59(94-58)34-15-18-39(19-16-34)90-22-8-4-7-21-89-38-9-5-3-6-10-38)54(82)65-46(31(2)72)60(86)70-29-37(74)25-41(70)55(83)67-48(56(84)66-47(61(71)87)43(76)26-45(62)77)52(80)51(79)35-17-20-42(75)44(23-35)91-95-93-92-88/h3,5-6,9-20,23,30-31,36-37,40-41,43,46-52,72-76,78-80,88H,4,7-8,21-22,24-29H2,1-2H3,(H2,62,77)(H,63,85)(H,64,81)(H,65,82)(H,66,84)(H,67,83). The van der Waals surface area contributed by atoms with Crippen molar-refractivity contribution in [3.05, 3.63) is 108 Å². The Morgan fingerprint density at radius 1 is 0.726 bits per heavy atom. The van der Waals surface area contributed by atoms with Crippen LogP contribution in [-0.2, 0) is 42.9 Å². The van der Waals surface area contributed by atoms with Crippen LogP contribution in [0, 0.1) is 5.92 Å². The minimum atomic E-state index is -2.53. The number of aliphatic hydroxyl groups excluding tert-OH is 7.